The number of benzene rings is 1. The summed E-state index contributed by atoms with van der Waals surface area (Å²) < 4.78 is 0. The lowest BCUT2D eigenvalue weighted by Gasteiger charge is -2.35. The van der Waals surface area contributed by atoms with Gasteiger partial charge in [0, 0.05) is 48.7 Å². The fourth-order valence-corrected chi connectivity index (χ4v) is 3.38. The van der Waals surface area contributed by atoms with Gasteiger partial charge < -0.3 is 10.6 Å². The number of amides is 1. The van der Waals surface area contributed by atoms with Crippen molar-refractivity contribution in [1.29, 1.82) is 0 Å². The molecule has 1 aliphatic rings. The van der Waals surface area contributed by atoms with E-state index in [1.807, 2.05) is 42.8 Å². The summed E-state index contributed by atoms with van der Waals surface area (Å²) >= 11 is 1.67. The van der Waals surface area contributed by atoms with Crippen LogP contribution in [0.5, 0.6) is 0 Å². The van der Waals surface area contributed by atoms with Crippen molar-refractivity contribution >= 4 is 35.8 Å². The van der Waals surface area contributed by atoms with E-state index in [0.29, 0.717) is 6.54 Å². The Morgan fingerprint density at radius 2 is 2.28 bits per heavy atom. The van der Waals surface area contributed by atoms with Crippen LogP contribution in [0, 0.1) is 0 Å². The van der Waals surface area contributed by atoms with Crippen LogP contribution in [-0.4, -0.2) is 48.2 Å². The molecule has 0 spiro atoms. The summed E-state index contributed by atoms with van der Waals surface area (Å²) in [6.45, 7) is 2.95. The van der Waals surface area contributed by atoms with Crippen LogP contribution in [0.4, 0.5) is 5.69 Å². The predicted molar refractivity (Wildman–Crippen MR) is 106 cm³/mol. The van der Waals surface area contributed by atoms with E-state index < -0.39 is 0 Å². The van der Waals surface area contributed by atoms with Crippen molar-refractivity contribution in [3.05, 3.63) is 54.4 Å². The summed E-state index contributed by atoms with van der Waals surface area (Å²) in [6.07, 6.45) is 5.68. The molecule has 1 aromatic heterocycles. The highest BCUT2D eigenvalue weighted by Crippen LogP contribution is 2.22. The first-order valence-electron chi connectivity index (χ1n) is 8.05. The highest BCUT2D eigenvalue weighted by atomic mass is 35.5. The van der Waals surface area contributed by atoms with Crippen molar-refractivity contribution in [2.45, 2.75) is 10.9 Å². The van der Waals surface area contributed by atoms with Gasteiger partial charge in [-0.05, 0) is 36.1 Å². The smallest absolute Gasteiger partial charge is 0.238 e. The number of anilines is 1. The first-order chi connectivity index (χ1) is 11.8. The van der Waals surface area contributed by atoms with Crippen LogP contribution >= 0.6 is 24.2 Å². The summed E-state index contributed by atoms with van der Waals surface area (Å²) in [5.41, 5.74) is 1.99. The Morgan fingerprint density at radius 1 is 1.40 bits per heavy atom. The predicted octanol–water partition coefficient (Wildman–Crippen LogP) is 2.81. The largest absolute Gasteiger partial charge is 0.325 e. The molecule has 1 aromatic carbocycles. The topological polar surface area (TPSA) is 57.3 Å². The Hall–Kier alpha value is -1.60. The normalized spacial score (nSPS) is 17.6. The molecule has 1 atom stereocenters. The second kappa shape index (κ2) is 9.77. The Morgan fingerprint density at radius 3 is 3.04 bits per heavy atom. The average molecular weight is 379 g/mol. The number of hydrogen-bond acceptors (Lipinski definition) is 5. The standard InChI is InChI=1S/C18H22N4OS.ClH/c1-24-16-6-2-5-15(10-16)21-18(23)13-22-9-8-20-12-17(22)14-4-3-7-19-11-14;/h2-7,10-11,17,20H,8-9,12-13H2,1H3,(H,21,23);1H. The molecule has 0 radical (unpaired) electrons. The third kappa shape index (κ3) is 5.44. The number of nitrogens with one attached hydrogen (secondary N) is 2. The SMILES string of the molecule is CSc1cccc(NC(=O)CN2CCNCC2c2cccnc2)c1.Cl. The molecule has 1 unspecified atom stereocenters. The molecule has 25 heavy (non-hydrogen) atoms. The number of halogens is 1. The maximum Gasteiger partial charge on any atom is 0.238 e. The molecule has 0 bridgehead atoms. The molecule has 2 heterocycles. The summed E-state index contributed by atoms with van der Waals surface area (Å²) in [7, 11) is 0. The van der Waals surface area contributed by atoms with E-state index in [2.05, 4.69) is 26.6 Å². The van der Waals surface area contributed by atoms with Gasteiger partial charge in [0.25, 0.3) is 0 Å². The van der Waals surface area contributed by atoms with E-state index in [0.717, 1.165) is 35.8 Å². The highest BCUT2D eigenvalue weighted by molar-refractivity contribution is 7.98. The van der Waals surface area contributed by atoms with Crippen LogP contribution in [0.2, 0.25) is 0 Å². The minimum atomic E-state index is 0. The molecule has 3 rings (SSSR count). The zero-order valence-corrected chi connectivity index (χ0v) is 15.8. The van der Waals surface area contributed by atoms with Gasteiger partial charge in [-0.25, -0.2) is 0 Å². The fourth-order valence-electron chi connectivity index (χ4n) is 2.92. The number of pyridine rings is 1. The number of carbonyl (C=O) groups is 1. The second-order valence-corrected chi connectivity index (χ2v) is 6.64. The molecule has 0 saturated carbocycles. The quantitative estimate of drug-likeness (QED) is 0.783. The van der Waals surface area contributed by atoms with E-state index >= 15 is 0 Å². The van der Waals surface area contributed by atoms with Crippen molar-refractivity contribution < 1.29 is 4.79 Å². The first-order valence-corrected chi connectivity index (χ1v) is 9.27. The lowest BCUT2D eigenvalue weighted by Crippen LogP contribution is -2.48. The summed E-state index contributed by atoms with van der Waals surface area (Å²) in [4.78, 5) is 20.0. The summed E-state index contributed by atoms with van der Waals surface area (Å²) in [6, 6.07) is 12.1. The van der Waals surface area contributed by atoms with Crippen LogP contribution in [-0.2, 0) is 4.79 Å². The number of aromatic nitrogens is 1. The van der Waals surface area contributed by atoms with Crippen molar-refractivity contribution in [3.63, 3.8) is 0 Å². The highest BCUT2D eigenvalue weighted by Gasteiger charge is 2.25. The molecule has 0 aliphatic carbocycles. The molecule has 1 aliphatic heterocycles. The number of hydrogen-bond donors (Lipinski definition) is 2. The third-order valence-corrected chi connectivity index (χ3v) is 4.85. The van der Waals surface area contributed by atoms with Crippen LogP contribution in [0.3, 0.4) is 0 Å². The van der Waals surface area contributed by atoms with Gasteiger partial charge in [-0.2, -0.15) is 0 Å². The zero-order valence-electron chi connectivity index (χ0n) is 14.1. The van der Waals surface area contributed by atoms with Gasteiger partial charge in [-0.15, -0.1) is 24.2 Å². The lowest BCUT2D eigenvalue weighted by molar-refractivity contribution is -0.118. The number of carbonyl (C=O) groups excluding carboxylic acids is 1. The second-order valence-electron chi connectivity index (χ2n) is 5.76. The molecule has 1 fully saturated rings. The fraction of sp³-hybridized carbons (Fsp3) is 0.333. The third-order valence-electron chi connectivity index (χ3n) is 4.12. The van der Waals surface area contributed by atoms with E-state index in [1.165, 1.54) is 0 Å². The average Bonchev–Trinajstić information content (AvgIpc) is 2.63. The molecule has 1 amide bonds. The molecule has 2 N–H and O–H groups in total. The Balaban J connectivity index is 0.00000225. The lowest BCUT2D eigenvalue weighted by atomic mass is 10.1. The molecular formula is C18H23ClN4OS. The van der Waals surface area contributed by atoms with E-state index in [-0.39, 0.29) is 24.4 Å². The van der Waals surface area contributed by atoms with Gasteiger partial charge in [0.15, 0.2) is 0 Å². The van der Waals surface area contributed by atoms with Crippen molar-refractivity contribution in [1.82, 2.24) is 15.2 Å². The van der Waals surface area contributed by atoms with Gasteiger partial charge in [0.1, 0.15) is 0 Å². The van der Waals surface area contributed by atoms with Crippen molar-refractivity contribution in [3.8, 4) is 0 Å². The number of thioether (sulfide) groups is 1. The van der Waals surface area contributed by atoms with Gasteiger partial charge in [0.2, 0.25) is 5.91 Å². The minimum absolute atomic E-state index is 0. The maximum absolute atomic E-state index is 12.5. The van der Waals surface area contributed by atoms with E-state index in [4.69, 9.17) is 0 Å². The molecule has 2 aromatic rings. The van der Waals surface area contributed by atoms with Crippen LogP contribution in [0.25, 0.3) is 0 Å². The Kier molecular flexibility index (Phi) is 7.71. The van der Waals surface area contributed by atoms with E-state index in [1.54, 1.807) is 18.0 Å². The number of rotatable bonds is 5. The molecule has 1 saturated heterocycles. The zero-order chi connectivity index (χ0) is 16.8. The Labute approximate surface area is 159 Å². The first kappa shape index (κ1) is 19.7. The molecular weight excluding hydrogens is 356 g/mol. The van der Waals surface area contributed by atoms with Crippen LogP contribution in [0.15, 0.2) is 53.7 Å². The minimum Gasteiger partial charge on any atom is -0.325 e. The van der Waals surface area contributed by atoms with Crippen LogP contribution in [0.1, 0.15) is 11.6 Å². The van der Waals surface area contributed by atoms with Gasteiger partial charge >= 0.3 is 0 Å². The number of nitrogens with zero attached hydrogens (tertiary/aromatic N) is 2. The molecule has 7 heteroatoms. The van der Waals surface area contributed by atoms with Gasteiger partial charge in [-0.3, -0.25) is 14.7 Å². The van der Waals surface area contributed by atoms with Crippen molar-refractivity contribution in [2.75, 3.05) is 37.8 Å². The molecule has 134 valence electrons. The van der Waals surface area contributed by atoms with Gasteiger partial charge in [0.05, 0.1) is 6.54 Å². The van der Waals surface area contributed by atoms with E-state index in [9.17, 15) is 4.79 Å². The van der Waals surface area contributed by atoms with Crippen LogP contribution < -0.4 is 10.6 Å². The maximum atomic E-state index is 12.5. The van der Waals surface area contributed by atoms with Gasteiger partial charge in [-0.1, -0.05) is 12.1 Å². The number of piperazine rings is 1. The van der Waals surface area contributed by atoms with Crippen molar-refractivity contribution in [2.24, 2.45) is 0 Å². The summed E-state index contributed by atoms with van der Waals surface area (Å²) in [5.74, 6) is 0.0176. The summed E-state index contributed by atoms with van der Waals surface area (Å²) in [5, 5.41) is 6.40. The Bertz CT molecular complexity index is 686. The monoisotopic (exact) mass is 378 g/mol. The molecule has 5 nitrogen and oxygen atoms in total.